The second kappa shape index (κ2) is 6.60. The number of nitrogens with one attached hydrogen (secondary N) is 1. The number of benzene rings is 1. The predicted octanol–water partition coefficient (Wildman–Crippen LogP) is 0.596. The average Bonchev–Trinajstić information content (AvgIpc) is 3.23. The third-order valence-corrected chi connectivity index (χ3v) is 5.67. The summed E-state index contributed by atoms with van der Waals surface area (Å²) < 4.78 is 24.8. The summed E-state index contributed by atoms with van der Waals surface area (Å²) in [7, 11) is -3.10. The van der Waals surface area contributed by atoms with Crippen LogP contribution in [0.2, 0.25) is 0 Å². The van der Waals surface area contributed by atoms with Crippen molar-refractivity contribution in [3.05, 3.63) is 42.5 Å². The Morgan fingerprint density at radius 1 is 1.42 bits per heavy atom. The highest BCUT2D eigenvalue weighted by Crippen LogP contribution is 2.16. The molecule has 0 aliphatic carbocycles. The minimum Gasteiger partial charge on any atom is -0.334 e. The molecule has 1 aromatic heterocycles. The number of rotatable bonds is 4. The summed E-state index contributed by atoms with van der Waals surface area (Å²) in [6.45, 7) is 1.08. The molecule has 1 fully saturated rings. The summed E-state index contributed by atoms with van der Waals surface area (Å²) in [4.78, 5) is 17.7. The van der Waals surface area contributed by atoms with Gasteiger partial charge in [0.2, 0.25) is 0 Å². The number of likely N-dealkylation sites (tertiary alicyclic amines) is 1. The largest absolute Gasteiger partial charge is 0.334 e. The van der Waals surface area contributed by atoms with E-state index in [4.69, 9.17) is 0 Å². The van der Waals surface area contributed by atoms with Crippen molar-refractivity contribution in [3.63, 3.8) is 0 Å². The summed E-state index contributed by atoms with van der Waals surface area (Å²) in [6, 6.07) is 7.36. The first kappa shape index (κ1) is 16.4. The van der Waals surface area contributed by atoms with Gasteiger partial charge in [0.15, 0.2) is 9.84 Å². The fourth-order valence-electron chi connectivity index (χ4n) is 2.70. The molecule has 2 amide bonds. The Hall–Kier alpha value is -2.42. The molecular weight excluding hydrogens is 330 g/mol. The second-order valence-corrected chi connectivity index (χ2v) is 8.18. The lowest BCUT2D eigenvalue weighted by atomic mass is 10.2. The van der Waals surface area contributed by atoms with Crippen LogP contribution in [0.25, 0.3) is 5.69 Å². The van der Waals surface area contributed by atoms with E-state index < -0.39 is 15.1 Å². The van der Waals surface area contributed by atoms with Crippen LogP contribution in [0.3, 0.4) is 0 Å². The fraction of sp³-hybridized carbons (Fsp3) is 0.400. The highest BCUT2D eigenvalue weighted by molar-refractivity contribution is 7.91. The van der Waals surface area contributed by atoms with Gasteiger partial charge < -0.3 is 10.2 Å². The van der Waals surface area contributed by atoms with E-state index in [1.807, 2.05) is 24.3 Å². The molecule has 8 nitrogen and oxygen atoms in total. The maximum atomic E-state index is 12.2. The van der Waals surface area contributed by atoms with Gasteiger partial charge in [-0.3, -0.25) is 0 Å². The number of sulfone groups is 1. The highest BCUT2D eigenvalue weighted by Gasteiger charge is 2.32. The first-order chi connectivity index (χ1) is 11.4. The van der Waals surface area contributed by atoms with Crippen LogP contribution < -0.4 is 5.32 Å². The number of carbonyl (C=O) groups excluding carboxylic acids is 1. The smallest absolute Gasteiger partial charge is 0.317 e. The Morgan fingerprint density at radius 2 is 2.25 bits per heavy atom. The standard InChI is InChI=1S/C15H19N5O3S/c1-24(22,23)14-5-6-19(9-14)15(21)17-8-12-3-2-4-13(7-12)20-11-16-10-18-20/h2-4,7,10-11,14H,5-6,8-9H2,1H3,(H,17,21). The molecule has 0 spiro atoms. The second-order valence-electron chi connectivity index (χ2n) is 5.85. The Morgan fingerprint density at radius 3 is 2.92 bits per heavy atom. The zero-order valence-corrected chi connectivity index (χ0v) is 14.1. The zero-order valence-electron chi connectivity index (χ0n) is 13.3. The molecule has 0 bridgehead atoms. The van der Waals surface area contributed by atoms with Crippen molar-refractivity contribution in [2.45, 2.75) is 18.2 Å². The molecule has 1 aliphatic rings. The van der Waals surface area contributed by atoms with Crippen LogP contribution in [0.15, 0.2) is 36.9 Å². The highest BCUT2D eigenvalue weighted by atomic mass is 32.2. The van der Waals surface area contributed by atoms with Crippen molar-refractivity contribution in [3.8, 4) is 5.69 Å². The Balaban J connectivity index is 1.58. The van der Waals surface area contributed by atoms with Crippen molar-refractivity contribution in [1.29, 1.82) is 0 Å². The van der Waals surface area contributed by atoms with Crippen LogP contribution >= 0.6 is 0 Å². The van der Waals surface area contributed by atoms with Crippen molar-refractivity contribution >= 4 is 15.9 Å². The third kappa shape index (κ3) is 3.73. The topological polar surface area (TPSA) is 97.2 Å². The molecule has 1 saturated heterocycles. The molecule has 1 aromatic carbocycles. The van der Waals surface area contributed by atoms with Gasteiger partial charge in [0.25, 0.3) is 0 Å². The monoisotopic (exact) mass is 349 g/mol. The maximum Gasteiger partial charge on any atom is 0.317 e. The van der Waals surface area contributed by atoms with Crippen LogP contribution in [0.5, 0.6) is 0 Å². The van der Waals surface area contributed by atoms with Crippen LogP contribution in [-0.2, 0) is 16.4 Å². The van der Waals surface area contributed by atoms with Gasteiger partial charge in [-0.05, 0) is 24.1 Å². The zero-order chi connectivity index (χ0) is 17.2. The number of urea groups is 1. The summed E-state index contributed by atoms with van der Waals surface area (Å²) in [5.74, 6) is 0. The van der Waals surface area contributed by atoms with E-state index in [2.05, 4.69) is 15.4 Å². The van der Waals surface area contributed by atoms with Crippen molar-refractivity contribution in [2.75, 3.05) is 19.3 Å². The normalized spacial score (nSPS) is 17.9. The number of hydrogen-bond donors (Lipinski definition) is 1. The summed E-state index contributed by atoms with van der Waals surface area (Å²) in [5, 5.41) is 6.44. The Kier molecular flexibility index (Phi) is 4.52. The quantitative estimate of drug-likeness (QED) is 0.871. The summed E-state index contributed by atoms with van der Waals surface area (Å²) in [6.07, 6.45) is 4.77. The molecule has 1 aliphatic heterocycles. The van der Waals surface area contributed by atoms with E-state index in [0.717, 1.165) is 11.3 Å². The lowest BCUT2D eigenvalue weighted by Crippen LogP contribution is -2.39. The van der Waals surface area contributed by atoms with Gasteiger partial charge in [0, 0.05) is 25.9 Å². The molecule has 1 unspecified atom stereocenters. The average molecular weight is 349 g/mol. The molecule has 24 heavy (non-hydrogen) atoms. The van der Waals surface area contributed by atoms with E-state index >= 15 is 0 Å². The molecule has 0 saturated carbocycles. The predicted molar refractivity (Wildman–Crippen MR) is 88.4 cm³/mol. The van der Waals surface area contributed by atoms with Gasteiger partial charge in [-0.2, -0.15) is 5.10 Å². The first-order valence-electron chi connectivity index (χ1n) is 7.59. The van der Waals surface area contributed by atoms with Crippen LogP contribution in [0.1, 0.15) is 12.0 Å². The molecule has 0 radical (unpaired) electrons. The van der Waals surface area contributed by atoms with Gasteiger partial charge in [-0.25, -0.2) is 22.9 Å². The maximum absolute atomic E-state index is 12.2. The van der Waals surface area contributed by atoms with E-state index in [0.29, 0.717) is 19.5 Å². The minimum atomic E-state index is -3.10. The summed E-state index contributed by atoms with van der Waals surface area (Å²) in [5.41, 5.74) is 1.78. The van der Waals surface area contributed by atoms with E-state index in [9.17, 15) is 13.2 Å². The first-order valence-corrected chi connectivity index (χ1v) is 9.54. The number of nitrogens with zero attached hydrogens (tertiary/aromatic N) is 4. The molecular formula is C15H19N5O3S. The Bertz CT molecular complexity index is 819. The van der Waals surface area contributed by atoms with Crippen molar-refractivity contribution < 1.29 is 13.2 Å². The molecule has 1 atom stereocenters. The van der Waals surface area contributed by atoms with Gasteiger partial charge in [0.1, 0.15) is 12.7 Å². The van der Waals surface area contributed by atoms with E-state index in [1.165, 1.54) is 12.6 Å². The molecule has 9 heteroatoms. The van der Waals surface area contributed by atoms with Crippen LogP contribution in [0, 0.1) is 0 Å². The van der Waals surface area contributed by atoms with Crippen LogP contribution in [0.4, 0.5) is 4.79 Å². The number of carbonyl (C=O) groups is 1. The molecule has 2 heterocycles. The van der Waals surface area contributed by atoms with Crippen molar-refractivity contribution in [2.24, 2.45) is 0 Å². The van der Waals surface area contributed by atoms with Crippen LogP contribution in [-0.4, -0.2) is 58.7 Å². The molecule has 1 N–H and O–H groups in total. The third-order valence-electron chi connectivity index (χ3n) is 4.08. The number of amides is 2. The van der Waals surface area contributed by atoms with Gasteiger partial charge in [0.05, 0.1) is 10.9 Å². The molecule has 3 rings (SSSR count). The SMILES string of the molecule is CS(=O)(=O)C1CCN(C(=O)NCc2cccc(-n3cncn3)c2)C1. The Labute approximate surface area is 140 Å². The molecule has 2 aromatic rings. The lowest BCUT2D eigenvalue weighted by Gasteiger charge is -2.17. The summed E-state index contributed by atoms with van der Waals surface area (Å²) >= 11 is 0. The van der Waals surface area contributed by atoms with Gasteiger partial charge in [-0.1, -0.05) is 12.1 Å². The minimum absolute atomic E-state index is 0.243. The van der Waals surface area contributed by atoms with Gasteiger partial charge in [-0.15, -0.1) is 0 Å². The van der Waals surface area contributed by atoms with E-state index in [1.54, 1.807) is 15.9 Å². The van der Waals surface area contributed by atoms with E-state index in [-0.39, 0.29) is 12.6 Å². The van der Waals surface area contributed by atoms with Gasteiger partial charge >= 0.3 is 6.03 Å². The lowest BCUT2D eigenvalue weighted by molar-refractivity contribution is 0.208. The fourth-order valence-corrected chi connectivity index (χ4v) is 3.69. The number of aromatic nitrogens is 3. The molecule has 128 valence electrons. The van der Waals surface area contributed by atoms with Crippen molar-refractivity contribution in [1.82, 2.24) is 25.0 Å². The number of hydrogen-bond acceptors (Lipinski definition) is 5.